The number of rotatable bonds is 3. The van der Waals surface area contributed by atoms with E-state index < -0.39 is 0 Å². The molecule has 0 fully saturated rings. The van der Waals surface area contributed by atoms with Gasteiger partial charge in [-0.3, -0.25) is 0 Å². The molecule has 0 N–H and O–H groups in total. The van der Waals surface area contributed by atoms with E-state index in [-0.39, 0.29) is 0 Å². The molecular weight excluding hydrogens is 574 g/mol. The van der Waals surface area contributed by atoms with Gasteiger partial charge in [0.25, 0.3) is 0 Å². The second kappa shape index (κ2) is 10.1. The Hall–Kier alpha value is -6.39. The highest BCUT2D eigenvalue weighted by molar-refractivity contribution is 6.29. The molecule has 0 amide bonds. The number of aromatic nitrogens is 3. The first-order valence-corrected chi connectivity index (χ1v) is 15.8. The first kappa shape index (κ1) is 25.9. The third kappa shape index (κ3) is 3.98. The van der Waals surface area contributed by atoms with E-state index in [2.05, 4.69) is 115 Å². The Kier molecular flexibility index (Phi) is 5.54. The van der Waals surface area contributed by atoms with E-state index in [1.165, 1.54) is 0 Å². The molecule has 0 unspecified atom stereocenters. The maximum absolute atomic E-state index is 6.36. The Morgan fingerprint density at radius 1 is 0.362 bits per heavy atom. The van der Waals surface area contributed by atoms with E-state index >= 15 is 0 Å². The summed E-state index contributed by atoms with van der Waals surface area (Å²) in [5, 5.41) is 7.61. The standard InChI is InChI=1S/C43H25N3O/c1-3-10-26(11-4-1)34-23-20-28-18-19-29-21-24-35(45-42(29)41(28)44-34)30-15-9-16-32-38-33(40(46-43(30)32)27-12-5-2-6-13-27)22-25-37-39(38)31-14-7-8-17-36(31)47-37/h1-25H. The minimum atomic E-state index is 0.859. The summed E-state index contributed by atoms with van der Waals surface area (Å²) in [6.07, 6.45) is 0. The maximum atomic E-state index is 6.36. The van der Waals surface area contributed by atoms with Crippen molar-refractivity contribution in [3.8, 4) is 33.8 Å². The lowest BCUT2D eigenvalue weighted by Crippen LogP contribution is -1.95. The van der Waals surface area contributed by atoms with Crippen molar-refractivity contribution < 1.29 is 4.42 Å². The van der Waals surface area contributed by atoms with Crippen LogP contribution < -0.4 is 0 Å². The predicted octanol–water partition coefficient (Wildman–Crippen LogP) is 11.4. The lowest BCUT2D eigenvalue weighted by molar-refractivity contribution is 0.669. The second-order valence-electron chi connectivity index (χ2n) is 12.0. The number of pyridine rings is 3. The Labute approximate surface area is 269 Å². The van der Waals surface area contributed by atoms with Crippen LogP contribution in [0.15, 0.2) is 156 Å². The van der Waals surface area contributed by atoms with Gasteiger partial charge in [0, 0.05) is 54.4 Å². The lowest BCUT2D eigenvalue weighted by Gasteiger charge is -2.14. The van der Waals surface area contributed by atoms with Crippen molar-refractivity contribution in [2.45, 2.75) is 0 Å². The molecule has 47 heavy (non-hydrogen) atoms. The number of hydrogen-bond acceptors (Lipinski definition) is 4. The molecule has 0 atom stereocenters. The molecule has 0 aliphatic carbocycles. The highest BCUT2D eigenvalue weighted by Crippen LogP contribution is 2.43. The highest BCUT2D eigenvalue weighted by Gasteiger charge is 2.19. The van der Waals surface area contributed by atoms with Crippen LogP contribution in [-0.2, 0) is 0 Å². The summed E-state index contributed by atoms with van der Waals surface area (Å²) in [5.41, 5.74) is 10.3. The fourth-order valence-corrected chi connectivity index (χ4v) is 7.04. The highest BCUT2D eigenvalue weighted by atomic mass is 16.3. The van der Waals surface area contributed by atoms with Crippen LogP contribution in [0.1, 0.15) is 0 Å². The van der Waals surface area contributed by atoms with Crippen molar-refractivity contribution in [1.82, 2.24) is 15.0 Å². The quantitative estimate of drug-likeness (QED) is 0.190. The zero-order valence-corrected chi connectivity index (χ0v) is 25.2. The summed E-state index contributed by atoms with van der Waals surface area (Å²) in [6.45, 7) is 0. The number of benzene rings is 6. The monoisotopic (exact) mass is 599 g/mol. The van der Waals surface area contributed by atoms with Gasteiger partial charge in [-0.25, -0.2) is 15.0 Å². The molecule has 0 aliphatic heterocycles. The SMILES string of the molecule is c1ccc(-c2ccc3ccc4ccc(-c5cccc6c5nc(-c5ccccc5)c5ccc7oc8ccccc8c7c56)nc4c3n2)cc1. The first-order chi connectivity index (χ1) is 23.3. The summed E-state index contributed by atoms with van der Waals surface area (Å²) >= 11 is 0. The number of fused-ring (bicyclic) bond motifs is 10. The van der Waals surface area contributed by atoms with Crippen molar-refractivity contribution in [3.63, 3.8) is 0 Å². The van der Waals surface area contributed by atoms with Gasteiger partial charge in [0.1, 0.15) is 11.2 Å². The van der Waals surface area contributed by atoms with Crippen molar-refractivity contribution in [2.24, 2.45) is 0 Å². The molecule has 0 bridgehead atoms. The Morgan fingerprint density at radius 3 is 1.79 bits per heavy atom. The zero-order chi connectivity index (χ0) is 30.9. The summed E-state index contributed by atoms with van der Waals surface area (Å²) in [6, 6.07) is 52.4. The van der Waals surface area contributed by atoms with Crippen molar-refractivity contribution in [2.75, 3.05) is 0 Å². The lowest BCUT2D eigenvalue weighted by atomic mass is 9.94. The largest absolute Gasteiger partial charge is 0.456 e. The van der Waals surface area contributed by atoms with Gasteiger partial charge in [0.2, 0.25) is 0 Å². The van der Waals surface area contributed by atoms with Gasteiger partial charge in [0.05, 0.1) is 33.6 Å². The Balaban J connectivity index is 1.29. The molecule has 0 saturated carbocycles. The molecule has 218 valence electrons. The van der Waals surface area contributed by atoms with Gasteiger partial charge in [0.15, 0.2) is 0 Å². The molecule has 10 aromatic rings. The zero-order valence-electron chi connectivity index (χ0n) is 25.2. The van der Waals surface area contributed by atoms with Gasteiger partial charge >= 0.3 is 0 Å². The van der Waals surface area contributed by atoms with Crippen LogP contribution >= 0.6 is 0 Å². The Morgan fingerprint density at radius 2 is 1.00 bits per heavy atom. The van der Waals surface area contributed by atoms with Crippen molar-refractivity contribution in [3.05, 3.63) is 152 Å². The topological polar surface area (TPSA) is 51.8 Å². The molecule has 0 radical (unpaired) electrons. The second-order valence-corrected chi connectivity index (χ2v) is 12.0. The summed E-state index contributed by atoms with van der Waals surface area (Å²) < 4.78 is 6.36. The van der Waals surface area contributed by atoms with Crippen molar-refractivity contribution >= 4 is 65.4 Å². The van der Waals surface area contributed by atoms with Gasteiger partial charge < -0.3 is 4.42 Å². The van der Waals surface area contributed by atoms with Crippen LogP contribution in [0.3, 0.4) is 0 Å². The molecule has 4 heterocycles. The molecule has 4 aromatic heterocycles. The maximum Gasteiger partial charge on any atom is 0.136 e. The predicted molar refractivity (Wildman–Crippen MR) is 193 cm³/mol. The fraction of sp³-hybridized carbons (Fsp3) is 0. The number of nitrogens with zero attached hydrogens (tertiary/aromatic N) is 3. The van der Waals surface area contributed by atoms with E-state index in [4.69, 9.17) is 19.4 Å². The van der Waals surface area contributed by atoms with Crippen LogP contribution in [0.5, 0.6) is 0 Å². The fourth-order valence-electron chi connectivity index (χ4n) is 7.04. The molecular formula is C43H25N3O. The van der Waals surface area contributed by atoms with Crippen LogP contribution in [0.25, 0.3) is 99.2 Å². The van der Waals surface area contributed by atoms with Crippen molar-refractivity contribution in [1.29, 1.82) is 0 Å². The van der Waals surface area contributed by atoms with Crippen LogP contribution in [0, 0.1) is 0 Å². The van der Waals surface area contributed by atoms with Crippen LogP contribution in [0.2, 0.25) is 0 Å². The smallest absolute Gasteiger partial charge is 0.136 e. The van der Waals surface area contributed by atoms with E-state index in [0.717, 1.165) is 99.2 Å². The van der Waals surface area contributed by atoms with E-state index in [0.29, 0.717) is 0 Å². The summed E-state index contributed by atoms with van der Waals surface area (Å²) in [4.78, 5) is 15.9. The normalized spacial score (nSPS) is 11.8. The number of para-hydroxylation sites is 2. The average molecular weight is 600 g/mol. The first-order valence-electron chi connectivity index (χ1n) is 15.8. The summed E-state index contributed by atoms with van der Waals surface area (Å²) in [7, 11) is 0. The van der Waals surface area contributed by atoms with E-state index in [1.54, 1.807) is 0 Å². The average Bonchev–Trinajstić information content (AvgIpc) is 3.53. The van der Waals surface area contributed by atoms with Crippen LogP contribution in [0.4, 0.5) is 0 Å². The number of furan rings is 1. The number of hydrogen-bond donors (Lipinski definition) is 0. The molecule has 10 rings (SSSR count). The van der Waals surface area contributed by atoms with E-state index in [1.807, 2.05) is 36.4 Å². The summed E-state index contributed by atoms with van der Waals surface area (Å²) in [5.74, 6) is 0. The third-order valence-electron chi connectivity index (χ3n) is 9.24. The van der Waals surface area contributed by atoms with Gasteiger partial charge in [-0.2, -0.15) is 0 Å². The molecule has 0 aliphatic rings. The minimum absolute atomic E-state index is 0.859. The van der Waals surface area contributed by atoms with E-state index in [9.17, 15) is 0 Å². The minimum Gasteiger partial charge on any atom is -0.456 e. The molecule has 4 heteroatoms. The molecule has 4 nitrogen and oxygen atoms in total. The Bertz CT molecular complexity index is 2840. The van der Waals surface area contributed by atoms with Gasteiger partial charge in [-0.15, -0.1) is 0 Å². The van der Waals surface area contributed by atoms with Gasteiger partial charge in [-0.05, 0) is 30.3 Å². The molecule has 0 spiro atoms. The molecule has 6 aromatic carbocycles. The molecule has 0 saturated heterocycles. The van der Waals surface area contributed by atoms with Gasteiger partial charge in [-0.1, -0.05) is 121 Å². The van der Waals surface area contributed by atoms with Crippen LogP contribution in [-0.4, -0.2) is 15.0 Å². The third-order valence-corrected chi connectivity index (χ3v) is 9.24.